The van der Waals surface area contributed by atoms with E-state index in [1.807, 2.05) is 37.3 Å². The predicted molar refractivity (Wildman–Crippen MR) is 65.6 cm³/mol. The van der Waals surface area contributed by atoms with Gasteiger partial charge < -0.3 is 4.74 Å². The SMILES string of the molecule is CCOc1ccc(C)c(-c2ccccc2)n1. The van der Waals surface area contributed by atoms with Crippen LogP contribution in [0.4, 0.5) is 0 Å². The van der Waals surface area contributed by atoms with E-state index in [0.717, 1.165) is 16.8 Å². The largest absolute Gasteiger partial charge is 0.478 e. The Bertz CT molecular complexity index is 465. The molecule has 0 amide bonds. The predicted octanol–water partition coefficient (Wildman–Crippen LogP) is 3.46. The Morgan fingerprint density at radius 3 is 2.50 bits per heavy atom. The van der Waals surface area contributed by atoms with Crippen LogP contribution in [-0.2, 0) is 0 Å². The number of nitrogens with zero attached hydrogens (tertiary/aromatic N) is 1. The van der Waals surface area contributed by atoms with Gasteiger partial charge >= 0.3 is 0 Å². The lowest BCUT2D eigenvalue weighted by molar-refractivity contribution is 0.327. The molecule has 1 aromatic heterocycles. The molecule has 2 nitrogen and oxygen atoms in total. The second-order valence-electron chi connectivity index (χ2n) is 3.61. The van der Waals surface area contributed by atoms with Crippen LogP contribution in [0.15, 0.2) is 42.5 Å². The molecule has 0 saturated carbocycles. The van der Waals surface area contributed by atoms with E-state index in [9.17, 15) is 0 Å². The molecular formula is C14H15NO. The molecule has 0 saturated heterocycles. The molecule has 2 rings (SSSR count). The van der Waals surface area contributed by atoms with Gasteiger partial charge in [0.05, 0.1) is 12.3 Å². The van der Waals surface area contributed by atoms with E-state index in [2.05, 4.69) is 24.0 Å². The van der Waals surface area contributed by atoms with Crippen molar-refractivity contribution in [1.82, 2.24) is 4.98 Å². The first kappa shape index (κ1) is 10.7. The average Bonchev–Trinajstić information content (AvgIpc) is 2.33. The number of hydrogen-bond acceptors (Lipinski definition) is 2. The Morgan fingerprint density at radius 2 is 1.81 bits per heavy atom. The van der Waals surface area contributed by atoms with Crippen molar-refractivity contribution < 1.29 is 4.74 Å². The van der Waals surface area contributed by atoms with Crippen LogP contribution in [0.25, 0.3) is 11.3 Å². The van der Waals surface area contributed by atoms with Crippen LogP contribution < -0.4 is 4.74 Å². The van der Waals surface area contributed by atoms with E-state index in [4.69, 9.17) is 4.74 Å². The van der Waals surface area contributed by atoms with Crippen molar-refractivity contribution in [3.8, 4) is 17.1 Å². The van der Waals surface area contributed by atoms with Gasteiger partial charge in [0.25, 0.3) is 0 Å². The highest BCUT2D eigenvalue weighted by Gasteiger charge is 2.04. The molecule has 0 bridgehead atoms. The van der Waals surface area contributed by atoms with Gasteiger partial charge in [0.1, 0.15) is 0 Å². The summed E-state index contributed by atoms with van der Waals surface area (Å²) in [6.07, 6.45) is 0. The van der Waals surface area contributed by atoms with Crippen LogP contribution in [0, 0.1) is 6.92 Å². The second kappa shape index (κ2) is 4.79. The van der Waals surface area contributed by atoms with E-state index in [1.165, 1.54) is 0 Å². The Morgan fingerprint density at radius 1 is 1.06 bits per heavy atom. The van der Waals surface area contributed by atoms with Gasteiger partial charge in [-0.15, -0.1) is 0 Å². The van der Waals surface area contributed by atoms with Crippen LogP contribution in [0.5, 0.6) is 5.88 Å². The molecule has 1 heterocycles. The Hall–Kier alpha value is -1.83. The lowest BCUT2D eigenvalue weighted by Gasteiger charge is -2.08. The highest BCUT2D eigenvalue weighted by atomic mass is 16.5. The van der Waals surface area contributed by atoms with Crippen molar-refractivity contribution in [3.05, 3.63) is 48.0 Å². The number of rotatable bonds is 3. The zero-order valence-corrected chi connectivity index (χ0v) is 9.60. The minimum atomic E-state index is 0.643. The van der Waals surface area contributed by atoms with Gasteiger partial charge in [-0.05, 0) is 19.4 Å². The van der Waals surface area contributed by atoms with Crippen LogP contribution in [-0.4, -0.2) is 11.6 Å². The van der Waals surface area contributed by atoms with Crippen molar-refractivity contribution in [3.63, 3.8) is 0 Å². The van der Waals surface area contributed by atoms with E-state index >= 15 is 0 Å². The molecule has 0 radical (unpaired) electrons. The molecule has 0 aliphatic carbocycles. The normalized spacial score (nSPS) is 10.1. The van der Waals surface area contributed by atoms with Crippen molar-refractivity contribution in [2.24, 2.45) is 0 Å². The highest BCUT2D eigenvalue weighted by Crippen LogP contribution is 2.23. The number of hydrogen-bond donors (Lipinski definition) is 0. The molecule has 82 valence electrons. The fourth-order valence-corrected chi connectivity index (χ4v) is 1.63. The standard InChI is InChI=1S/C14H15NO/c1-3-16-13-10-9-11(2)14(15-13)12-7-5-4-6-8-12/h4-10H,3H2,1-2H3. The average molecular weight is 213 g/mol. The summed E-state index contributed by atoms with van der Waals surface area (Å²) in [5, 5.41) is 0. The van der Waals surface area contributed by atoms with Crippen LogP contribution in [0.3, 0.4) is 0 Å². The highest BCUT2D eigenvalue weighted by molar-refractivity contribution is 5.63. The van der Waals surface area contributed by atoms with Crippen LogP contribution in [0.2, 0.25) is 0 Å². The summed E-state index contributed by atoms with van der Waals surface area (Å²) in [4.78, 5) is 4.51. The summed E-state index contributed by atoms with van der Waals surface area (Å²) < 4.78 is 5.41. The van der Waals surface area contributed by atoms with Gasteiger partial charge in [0.2, 0.25) is 5.88 Å². The maximum Gasteiger partial charge on any atom is 0.213 e. The quantitative estimate of drug-likeness (QED) is 0.779. The first-order valence-electron chi connectivity index (χ1n) is 5.47. The first-order chi connectivity index (χ1) is 7.81. The molecule has 0 atom stereocenters. The monoisotopic (exact) mass is 213 g/mol. The smallest absolute Gasteiger partial charge is 0.213 e. The van der Waals surface area contributed by atoms with Crippen molar-refractivity contribution in [2.45, 2.75) is 13.8 Å². The molecule has 0 aliphatic heterocycles. The third kappa shape index (κ3) is 2.22. The molecule has 1 aromatic carbocycles. The van der Waals surface area contributed by atoms with E-state index in [0.29, 0.717) is 12.5 Å². The molecule has 0 unspecified atom stereocenters. The van der Waals surface area contributed by atoms with Gasteiger partial charge in [0.15, 0.2) is 0 Å². The summed E-state index contributed by atoms with van der Waals surface area (Å²) in [5.41, 5.74) is 3.28. The van der Waals surface area contributed by atoms with Gasteiger partial charge in [-0.25, -0.2) is 4.98 Å². The molecule has 0 aliphatic rings. The summed E-state index contributed by atoms with van der Waals surface area (Å²) in [7, 11) is 0. The van der Waals surface area contributed by atoms with Crippen LogP contribution >= 0.6 is 0 Å². The summed E-state index contributed by atoms with van der Waals surface area (Å²) in [6.45, 7) is 4.67. The molecule has 2 aromatic rings. The van der Waals surface area contributed by atoms with Gasteiger partial charge in [-0.3, -0.25) is 0 Å². The molecule has 16 heavy (non-hydrogen) atoms. The molecule has 0 fully saturated rings. The summed E-state index contributed by atoms with van der Waals surface area (Å²) in [6, 6.07) is 14.1. The minimum absolute atomic E-state index is 0.643. The molecule has 2 heteroatoms. The zero-order chi connectivity index (χ0) is 11.4. The topological polar surface area (TPSA) is 22.1 Å². The number of benzene rings is 1. The summed E-state index contributed by atoms with van der Waals surface area (Å²) >= 11 is 0. The third-order valence-electron chi connectivity index (χ3n) is 2.41. The second-order valence-corrected chi connectivity index (χ2v) is 3.61. The summed E-state index contributed by atoms with van der Waals surface area (Å²) in [5.74, 6) is 0.687. The number of aromatic nitrogens is 1. The maximum atomic E-state index is 5.41. The molecular weight excluding hydrogens is 198 g/mol. The lowest BCUT2D eigenvalue weighted by atomic mass is 10.1. The first-order valence-corrected chi connectivity index (χ1v) is 5.47. The number of pyridine rings is 1. The van der Waals surface area contributed by atoms with Crippen molar-refractivity contribution >= 4 is 0 Å². The van der Waals surface area contributed by atoms with E-state index in [1.54, 1.807) is 0 Å². The zero-order valence-electron chi connectivity index (χ0n) is 9.60. The van der Waals surface area contributed by atoms with Gasteiger partial charge in [-0.2, -0.15) is 0 Å². The Labute approximate surface area is 95.9 Å². The fourth-order valence-electron chi connectivity index (χ4n) is 1.63. The van der Waals surface area contributed by atoms with E-state index < -0.39 is 0 Å². The Balaban J connectivity index is 2.43. The number of aryl methyl sites for hydroxylation is 1. The molecule has 0 N–H and O–H groups in total. The van der Waals surface area contributed by atoms with Crippen molar-refractivity contribution in [2.75, 3.05) is 6.61 Å². The Kier molecular flexibility index (Phi) is 3.20. The van der Waals surface area contributed by atoms with Crippen LogP contribution in [0.1, 0.15) is 12.5 Å². The lowest BCUT2D eigenvalue weighted by Crippen LogP contribution is -1.96. The fraction of sp³-hybridized carbons (Fsp3) is 0.214. The van der Waals surface area contributed by atoms with E-state index in [-0.39, 0.29) is 0 Å². The number of ether oxygens (including phenoxy) is 1. The molecule has 0 spiro atoms. The van der Waals surface area contributed by atoms with Gasteiger partial charge in [0, 0.05) is 11.6 Å². The maximum absolute atomic E-state index is 5.41. The van der Waals surface area contributed by atoms with Gasteiger partial charge in [-0.1, -0.05) is 36.4 Å². The van der Waals surface area contributed by atoms with Crippen molar-refractivity contribution in [1.29, 1.82) is 0 Å². The minimum Gasteiger partial charge on any atom is -0.478 e. The third-order valence-corrected chi connectivity index (χ3v) is 2.41.